The van der Waals surface area contributed by atoms with Crippen molar-refractivity contribution in [3.05, 3.63) is 0 Å². The van der Waals surface area contributed by atoms with Crippen molar-refractivity contribution in [2.24, 2.45) is 0 Å². The van der Waals surface area contributed by atoms with Crippen LogP contribution in [-0.4, -0.2) is 21.9 Å². The fraction of sp³-hybridized carbons (Fsp3) is 0. The topological polar surface area (TPSA) is 153 Å². The predicted molar refractivity (Wildman–Crippen MR) is 13.5 cm³/mol. The monoisotopic (exact) mass is 143 g/mol. The van der Waals surface area contributed by atoms with Crippen molar-refractivity contribution in [3.8, 4) is 0 Å². The van der Waals surface area contributed by atoms with E-state index >= 15 is 0 Å². The molecule has 0 spiro atoms. The summed E-state index contributed by atoms with van der Waals surface area (Å²) in [5, 5.41) is 0. The van der Waals surface area contributed by atoms with E-state index in [0.717, 1.165) is 0 Å². The molecule has 0 aromatic heterocycles. The van der Waals surface area contributed by atoms with Crippen LogP contribution >= 0.6 is 0 Å². The van der Waals surface area contributed by atoms with Gasteiger partial charge in [0, 0.05) is 0 Å². The van der Waals surface area contributed by atoms with Gasteiger partial charge in [0.05, 0.1) is 0 Å². The fourth-order valence-corrected chi connectivity index (χ4v) is 0. The molecule has 0 aliphatic heterocycles. The van der Waals surface area contributed by atoms with Crippen LogP contribution in [-0.2, 0) is 22.5 Å². The molecule has 45 valence electrons. The second kappa shape index (κ2) is 972. The average Bonchev–Trinajstić information content (AvgIpc) is 0. The van der Waals surface area contributed by atoms with E-state index in [1.165, 1.54) is 0 Å². The largest absolute Gasteiger partial charge is 3.00 e. The predicted octanol–water partition coefficient (Wildman–Crippen LogP) is -2.77. The Morgan fingerprint density at radius 2 is 0.667 bits per heavy atom. The van der Waals surface area contributed by atoms with Gasteiger partial charge in [-0.05, 0) is 0 Å². The SMILES string of the molecule is O.O.O.[Fe+3].[O-2].[OH-]. The Balaban J connectivity index is 0. The van der Waals surface area contributed by atoms with Gasteiger partial charge in [0.25, 0.3) is 0 Å². The zero-order chi connectivity index (χ0) is 0. The smallest absolute Gasteiger partial charge is 2.00 e. The van der Waals surface area contributed by atoms with Crippen LogP contribution < -0.4 is 0 Å². The maximum absolute atomic E-state index is 0. The summed E-state index contributed by atoms with van der Waals surface area (Å²) in [7, 11) is 0. The first-order valence-electron chi connectivity index (χ1n) is 0. The average molecular weight is 143 g/mol. The first-order valence-corrected chi connectivity index (χ1v) is 0. The Labute approximate surface area is 45.4 Å². The molecule has 0 saturated carbocycles. The summed E-state index contributed by atoms with van der Waals surface area (Å²) in [5.41, 5.74) is 0. The molecule has 0 amide bonds. The molecular weight excluding hydrogens is 136 g/mol. The van der Waals surface area contributed by atoms with Gasteiger partial charge in [-0.15, -0.1) is 0 Å². The van der Waals surface area contributed by atoms with Crippen LogP contribution in [0.2, 0.25) is 0 Å². The molecule has 0 rings (SSSR count). The molecule has 0 fully saturated rings. The van der Waals surface area contributed by atoms with Crippen molar-refractivity contribution < 1.29 is 44.4 Å². The van der Waals surface area contributed by atoms with Crippen molar-refractivity contribution in [1.29, 1.82) is 0 Å². The van der Waals surface area contributed by atoms with Crippen LogP contribution in [0, 0.1) is 0 Å². The molecule has 0 unspecified atom stereocenters. The molecule has 0 heterocycles. The maximum Gasteiger partial charge on any atom is 3.00 e. The van der Waals surface area contributed by atoms with E-state index in [-0.39, 0.29) is 44.4 Å². The van der Waals surface area contributed by atoms with E-state index in [2.05, 4.69) is 0 Å². The Kier molecular flexibility index (Phi) is 284000. The van der Waals surface area contributed by atoms with Crippen molar-refractivity contribution in [2.75, 3.05) is 0 Å². The van der Waals surface area contributed by atoms with Crippen LogP contribution in [0.5, 0.6) is 0 Å². The summed E-state index contributed by atoms with van der Waals surface area (Å²) in [6.45, 7) is 0. The Morgan fingerprint density at radius 1 is 0.667 bits per heavy atom. The second-order valence-electron chi connectivity index (χ2n) is 0. The van der Waals surface area contributed by atoms with Gasteiger partial charge in [-0.25, -0.2) is 0 Å². The third-order valence-corrected chi connectivity index (χ3v) is 0. The van der Waals surface area contributed by atoms with Crippen molar-refractivity contribution >= 4 is 0 Å². The minimum Gasteiger partial charge on any atom is -2.00 e. The third kappa shape index (κ3) is 466. The van der Waals surface area contributed by atoms with Gasteiger partial charge in [0.1, 0.15) is 0 Å². The molecule has 1 radical (unpaired) electrons. The van der Waals surface area contributed by atoms with Gasteiger partial charge in [-0.1, -0.05) is 0 Å². The summed E-state index contributed by atoms with van der Waals surface area (Å²) >= 11 is 0. The standard InChI is InChI=1S/Fe.4H2O.O/h;4*1H2;/q+3;;;;;-2/p-1. The molecule has 0 bridgehead atoms. The molecule has 0 saturated heterocycles. The van der Waals surface area contributed by atoms with Crippen LogP contribution in [0.1, 0.15) is 0 Å². The molecule has 0 aliphatic carbocycles. The minimum absolute atomic E-state index is 0. The summed E-state index contributed by atoms with van der Waals surface area (Å²) in [6.07, 6.45) is 0. The first-order chi connectivity index (χ1) is 0. The molecular formula is H7FeO5. The fourth-order valence-electron chi connectivity index (χ4n) is 0. The van der Waals surface area contributed by atoms with Crippen molar-refractivity contribution in [1.82, 2.24) is 0 Å². The van der Waals surface area contributed by atoms with E-state index in [1.807, 2.05) is 0 Å². The zero-order valence-corrected chi connectivity index (χ0v) is 3.81. The normalized spacial score (nSPS) is 0. The van der Waals surface area contributed by atoms with Gasteiger partial charge < -0.3 is 27.4 Å². The van der Waals surface area contributed by atoms with E-state index in [0.29, 0.717) is 0 Å². The van der Waals surface area contributed by atoms with Crippen LogP contribution in [0.4, 0.5) is 0 Å². The van der Waals surface area contributed by atoms with Gasteiger partial charge in [-0.3, -0.25) is 0 Å². The van der Waals surface area contributed by atoms with E-state index < -0.39 is 0 Å². The number of rotatable bonds is 0. The molecule has 0 aromatic rings. The number of hydrogen-bond acceptors (Lipinski definition) is 1. The molecule has 0 aromatic carbocycles. The van der Waals surface area contributed by atoms with Gasteiger partial charge >= 0.3 is 17.1 Å². The van der Waals surface area contributed by atoms with Crippen LogP contribution in [0.25, 0.3) is 0 Å². The minimum atomic E-state index is 0. The van der Waals surface area contributed by atoms with Gasteiger partial charge in [0.2, 0.25) is 0 Å². The third-order valence-electron chi connectivity index (χ3n) is 0. The van der Waals surface area contributed by atoms with Crippen molar-refractivity contribution in [2.45, 2.75) is 0 Å². The first kappa shape index (κ1) is 1750. The Hall–Kier alpha value is 0.319. The van der Waals surface area contributed by atoms with E-state index in [9.17, 15) is 0 Å². The summed E-state index contributed by atoms with van der Waals surface area (Å²) in [5.74, 6) is 0. The Morgan fingerprint density at radius 3 is 0.667 bits per heavy atom. The van der Waals surface area contributed by atoms with Crippen molar-refractivity contribution in [3.63, 3.8) is 0 Å². The summed E-state index contributed by atoms with van der Waals surface area (Å²) in [6, 6.07) is 0. The molecule has 5 nitrogen and oxygen atoms in total. The van der Waals surface area contributed by atoms with Crippen LogP contribution in [0.15, 0.2) is 0 Å². The molecule has 6 heavy (non-hydrogen) atoms. The van der Waals surface area contributed by atoms with E-state index in [1.54, 1.807) is 0 Å². The van der Waals surface area contributed by atoms with Crippen LogP contribution in [0.3, 0.4) is 0 Å². The Bertz CT molecular complexity index is 3.90. The summed E-state index contributed by atoms with van der Waals surface area (Å²) < 4.78 is 0. The molecule has 0 aliphatic rings. The number of hydrogen-bond donors (Lipinski definition) is 0. The van der Waals surface area contributed by atoms with Gasteiger partial charge in [0.15, 0.2) is 0 Å². The van der Waals surface area contributed by atoms with Gasteiger partial charge in [-0.2, -0.15) is 0 Å². The maximum atomic E-state index is 0. The quantitative estimate of drug-likeness (QED) is 0.330. The zero-order valence-electron chi connectivity index (χ0n) is 2.71. The molecule has 0 atom stereocenters. The molecule has 6 heteroatoms. The second-order valence-corrected chi connectivity index (χ2v) is 0. The summed E-state index contributed by atoms with van der Waals surface area (Å²) in [4.78, 5) is 0. The van der Waals surface area contributed by atoms with E-state index in [4.69, 9.17) is 0 Å². The molecule has 7 N–H and O–H groups in total.